The Morgan fingerprint density at radius 3 is 1.85 bits per heavy atom. The number of hydrogen-bond donors (Lipinski definition) is 1. The zero-order chi connectivity index (χ0) is 14.5. The Bertz CT molecular complexity index is 198. The molecule has 1 aliphatic carbocycles. The van der Waals surface area contributed by atoms with Crippen LogP contribution in [-0.2, 0) is 0 Å². The molecule has 0 saturated heterocycles. The van der Waals surface area contributed by atoms with Crippen LogP contribution in [0.25, 0.3) is 0 Å². The van der Waals surface area contributed by atoms with Crippen LogP contribution in [0.1, 0.15) is 103 Å². The highest BCUT2D eigenvalue weighted by molar-refractivity contribution is 4.76. The zero-order valence-electron chi connectivity index (χ0n) is 14.3. The minimum atomic E-state index is 0.800. The standard InChI is InChI=1S/C19H39N/c1-3-4-5-6-7-8-9-10-11-12-16-19(20-2)17-18-14-13-15-18/h18-20H,3-17H2,1-2H3. The molecule has 0 aliphatic heterocycles. The van der Waals surface area contributed by atoms with Crippen molar-refractivity contribution in [2.45, 2.75) is 109 Å². The van der Waals surface area contributed by atoms with Crippen LogP contribution in [0.5, 0.6) is 0 Å². The molecular weight excluding hydrogens is 242 g/mol. The molecule has 1 saturated carbocycles. The van der Waals surface area contributed by atoms with Crippen LogP contribution < -0.4 is 5.32 Å². The maximum absolute atomic E-state index is 3.53. The minimum Gasteiger partial charge on any atom is -0.317 e. The Labute approximate surface area is 128 Å². The molecule has 1 atom stereocenters. The van der Waals surface area contributed by atoms with E-state index < -0.39 is 0 Å². The summed E-state index contributed by atoms with van der Waals surface area (Å²) in [4.78, 5) is 0. The van der Waals surface area contributed by atoms with Gasteiger partial charge in [0.2, 0.25) is 0 Å². The SMILES string of the molecule is CCCCCCCCCCCCC(CC1CCC1)NC. The first kappa shape index (κ1) is 18.0. The van der Waals surface area contributed by atoms with Crippen molar-refractivity contribution in [1.29, 1.82) is 0 Å². The highest BCUT2D eigenvalue weighted by atomic mass is 14.9. The molecule has 1 rings (SSSR count). The fourth-order valence-electron chi connectivity index (χ4n) is 3.39. The predicted molar refractivity (Wildman–Crippen MR) is 91.3 cm³/mol. The molecule has 0 radical (unpaired) electrons. The quantitative estimate of drug-likeness (QED) is 0.381. The molecule has 120 valence electrons. The van der Waals surface area contributed by atoms with Crippen molar-refractivity contribution in [3.63, 3.8) is 0 Å². The van der Waals surface area contributed by atoms with Gasteiger partial charge in [-0.05, 0) is 25.8 Å². The van der Waals surface area contributed by atoms with Gasteiger partial charge in [0.1, 0.15) is 0 Å². The summed E-state index contributed by atoms with van der Waals surface area (Å²) in [5, 5.41) is 3.53. The van der Waals surface area contributed by atoms with Crippen molar-refractivity contribution in [3.05, 3.63) is 0 Å². The van der Waals surface area contributed by atoms with Crippen LogP contribution in [0.4, 0.5) is 0 Å². The van der Waals surface area contributed by atoms with Crippen LogP contribution in [0.2, 0.25) is 0 Å². The van der Waals surface area contributed by atoms with Crippen LogP contribution in [0.15, 0.2) is 0 Å². The van der Waals surface area contributed by atoms with E-state index in [1.807, 2.05) is 0 Å². The van der Waals surface area contributed by atoms with Crippen molar-refractivity contribution < 1.29 is 0 Å². The first-order chi connectivity index (χ1) is 9.86. The zero-order valence-corrected chi connectivity index (χ0v) is 14.3. The van der Waals surface area contributed by atoms with Gasteiger partial charge in [-0.15, -0.1) is 0 Å². The molecule has 1 heteroatoms. The van der Waals surface area contributed by atoms with Gasteiger partial charge in [0.15, 0.2) is 0 Å². The monoisotopic (exact) mass is 281 g/mol. The average Bonchev–Trinajstić information content (AvgIpc) is 2.42. The Kier molecular flexibility index (Phi) is 11.4. The van der Waals surface area contributed by atoms with E-state index in [2.05, 4.69) is 19.3 Å². The third kappa shape index (κ3) is 9.00. The van der Waals surface area contributed by atoms with E-state index in [0.717, 1.165) is 12.0 Å². The van der Waals surface area contributed by atoms with Gasteiger partial charge in [0, 0.05) is 6.04 Å². The Morgan fingerprint density at radius 1 is 0.850 bits per heavy atom. The summed E-state index contributed by atoms with van der Waals surface area (Å²) in [6.07, 6.45) is 21.8. The van der Waals surface area contributed by atoms with Crippen molar-refractivity contribution in [2.24, 2.45) is 5.92 Å². The van der Waals surface area contributed by atoms with Crippen LogP contribution in [-0.4, -0.2) is 13.1 Å². The second-order valence-corrected chi connectivity index (χ2v) is 6.99. The minimum absolute atomic E-state index is 0.800. The fraction of sp³-hybridized carbons (Fsp3) is 1.00. The topological polar surface area (TPSA) is 12.0 Å². The van der Waals surface area contributed by atoms with E-state index in [9.17, 15) is 0 Å². The van der Waals surface area contributed by atoms with Gasteiger partial charge in [0.25, 0.3) is 0 Å². The lowest BCUT2D eigenvalue weighted by Gasteiger charge is -2.29. The summed E-state index contributed by atoms with van der Waals surface area (Å²) in [6, 6.07) is 0.800. The number of unbranched alkanes of at least 4 members (excludes halogenated alkanes) is 9. The number of rotatable bonds is 14. The van der Waals surface area contributed by atoms with Crippen LogP contribution in [0, 0.1) is 5.92 Å². The lowest BCUT2D eigenvalue weighted by molar-refractivity contribution is 0.257. The summed E-state index contributed by atoms with van der Waals surface area (Å²) >= 11 is 0. The third-order valence-corrected chi connectivity index (χ3v) is 5.16. The predicted octanol–water partition coefficient (Wildman–Crippen LogP) is 6.08. The van der Waals surface area contributed by atoms with E-state index in [0.29, 0.717) is 0 Å². The third-order valence-electron chi connectivity index (χ3n) is 5.16. The molecule has 1 unspecified atom stereocenters. The summed E-state index contributed by atoms with van der Waals surface area (Å²) in [5.41, 5.74) is 0. The van der Waals surface area contributed by atoms with Gasteiger partial charge >= 0.3 is 0 Å². The van der Waals surface area contributed by atoms with Crippen LogP contribution in [0.3, 0.4) is 0 Å². The Balaban J connectivity index is 1.80. The van der Waals surface area contributed by atoms with Gasteiger partial charge in [-0.3, -0.25) is 0 Å². The molecule has 1 N–H and O–H groups in total. The van der Waals surface area contributed by atoms with E-state index >= 15 is 0 Å². The second-order valence-electron chi connectivity index (χ2n) is 6.99. The highest BCUT2D eigenvalue weighted by Gasteiger charge is 2.20. The molecule has 20 heavy (non-hydrogen) atoms. The van der Waals surface area contributed by atoms with Gasteiger partial charge in [0.05, 0.1) is 0 Å². The van der Waals surface area contributed by atoms with Crippen molar-refractivity contribution in [2.75, 3.05) is 7.05 Å². The van der Waals surface area contributed by atoms with Crippen molar-refractivity contribution in [1.82, 2.24) is 5.32 Å². The molecular formula is C19H39N. The lowest BCUT2D eigenvalue weighted by Crippen LogP contribution is -2.29. The van der Waals surface area contributed by atoms with Gasteiger partial charge in [-0.25, -0.2) is 0 Å². The van der Waals surface area contributed by atoms with E-state index in [1.54, 1.807) is 0 Å². The Hall–Kier alpha value is -0.0400. The van der Waals surface area contributed by atoms with E-state index in [-0.39, 0.29) is 0 Å². The number of nitrogens with one attached hydrogen (secondary N) is 1. The van der Waals surface area contributed by atoms with E-state index in [4.69, 9.17) is 0 Å². The molecule has 0 amide bonds. The molecule has 0 aromatic rings. The van der Waals surface area contributed by atoms with Gasteiger partial charge in [-0.2, -0.15) is 0 Å². The van der Waals surface area contributed by atoms with Gasteiger partial charge in [-0.1, -0.05) is 90.4 Å². The second kappa shape index (κ2) is 12.7. The average molecular weight is 282 g/mol. The van der Waals surface area contributed by atoms with Crippen LogP contribution >= 0.6 is 0 Å². The molecule has 1 nitrogen and oxygen atoms in total. The molecule has 0 aromatic carbocycles. The first-order valence-corrected chi connectivity index (χ1v) is 9.54. The van der Waals surface area contributed by atoms with Crippen molar-refractivity contribution >= 4 is 0 Å². The molecule has 0 spiro atoms. The highest BCUT2D eigenvalue weighted by Crippen LogP contribution is 2.31. The summed E-state index contributed by atoms with van der Waals surface area (Å²) in [7, 11) is 2.15. The van der Waals surface area contributed by atoms with Gasteiger partial charge < -0.3 is 5.32 Å². The first-order valence-electron chi connectivity index (χ1n) is 9.54. The number of hydrogen-bond acceptors (Lipinski definition) is 1. The normalized spacial score (nSPS) is 17.1. The molecule has 0 aromatic heterocycles. The largest absolute Gasteiger partial charge is 0.317 e. The smallest absolute Gasteiger partial charge is 0.00667 e. The molecule has 0 heterocycles. The summed E-state index contributed by atoms with van der Waals surface area (Å²) < 4.78 is 0. The lowest BCUT2D eigenvalue weighted by atomic mass is 9.80. The Morgan fingerprint density at radius 2 is 1.40 bits per heavy atom. The molecule has 0 bridgehead atoms. The van der Waals surface area contributed by atoms with Crippen molar-refractivity contribution in [3.8, 4) is 0 Å². The summed E-state index contributed by atoms with van der Waals surface area (Å²) in [6.45, 7) is 2.30. The van der Waals surface area contributed by atoms with E-state index in [1.165, 1.54) is 96.3 Å². The fourth-order valence-corrected chi connectivity index (χ4v) is 3.39. The maximum atomic E-state index is 3.53. The summed E-state index contributed by atoms with van der Waals surface area (Å²) in [5.74, 6) is 1.05. The maximum Gasteiger partial charge on any atom is 0.00667 e. The molecule has 1 aliphatic rings. The molecule has 1 fully saturated rings.